The molecule has 19 heavy (non-hydrogen) atoms. The van der Waals surface area contributed by atoms with Crippen molar-refractivity contribution in [3.05, 3.63) is 29.6 Å². The highest BCUT2D eigenvalue weighted by Gasteiger charge is 2.32. The van der Waals surface area contributed by atoms with Gasteiger partial charge in [-0.2, -0.15) is 5.26 Å². The minimum Gasteiger partial charge on any atom is -0.366 e. The summed E-state index contributed by atoms with van der Waals surface area (Å²) in [4.78, 5) is 2.29. The third-order valence-electron chi connectivity index (χ3n) is 3.96. The van der Waals surface area contributed by atoms with Gasteiger partial charge in [0.15, 0.2) is 0 Å². The van der Waals surface area contributed by atoms with Crippen LogP contribution >= 0.6 is 0 Å². The second-order valence-electron chi connectivity index (χ2n) is 5.45. The van der Waals surface area contributed by atoms with Crippen LogP contribution in [0.2, 0.25) is 0 Å². The quantitative estimate of drug-likeness (QED) is 0.902. The summed E-state index contributed by atoms with van der Waals surface area (Å²) in [5.41, 5.74) is 1.34. The van der Waals surface area contributed by atoms with Gasteiger partial charge in [0, 0.05) is 18.6 Å². The van der Waals surface area contributed by atoms with Crippen LogP contribution in [-0.2, 0) is 0 Å². The van der Waals surface area contributed by atoms with Gasteiger partial charge in [0.1, 0.15) is 11.9 Å². The normalized spacial score (nSPS) is 22.2. The summed E-state index contributed by atoms with van der Waals surface area (Å²) >= 11 is 0. The molecule has 1 unspecified atom stereocenters. The van der Waals surface area contributed by atoms with Gasteiger partial charge in [0.2, 0.25) is 0 Å². The topological polar surface area (TPSA) is 39.1 Å². The first kappa shape index (κ1) is 12.4. The summed E-state index contributed by atoms with van der Waals surface area (Å²) in [7, 11) is 0. The lowest BCUT2D eigenvalue weighted by Crippen LogP contribution is -2.39. The van der Waals surface area contributed by atoms with Gasteiger partial charge in [0.25, 0.3) is 0 Å². The first-order chi connectivity index (χ1) is 9.28. The maximum atomic E-state index is 13.2. The van der Waals surface area contributed by atoms with Crippen LogP contribution in [0.3, 0.4) is 0 Å². The van der Waals surface area contributed by atoms with E-state index in [1.165, 1.54) is 37.8 Å². The van der Waals surface area contributed by atoms with E-state index in [1.807, 2.05) is 0 Å². The SMILES string of the molecule is N#Cc1cc(F)ccc1N(CC1CCCN1)C1CC1. The molecule has 1 heterocycles. The van der Waals surface area contributed by atoms with E-state index in [0.29, 0.717) is 17.6 Å². The molecule has 0 amide bonds. The van der Waals surface area contributed by atoms with E-state index in [-0.39, 0.29) is 5.82 Å². The van der Waals surface area contributed by atoms with E-state index in [9.17, 15) is 9.65 Å². The van der Waals surface area contributed by atoms with Gasteiger partial charge in [-0.25, -0.2) is 4.39 Å². The van der Waals surface area contributed by atoms with Crippen molar-refractivity contribution in [2.24, 2.45) is 0 Å². The fraction of sp³-hybridized carbons (Fsp3) is 0.533. The van der Waals surface area contributed by atoms with E-state index in [0.717, 1.165) is 18.8 Å². The maximum absolute atomic E-state index is 13.2. The third-order valence-corrected chi connectivity index (χ3v) is 3.96. The van der Waals surface area contributed by atoms with Gasteiger partial charge < -0.3 is 10.2 Å². The Morgan fingerprint density at radius 1 is 1.37 bits per heavy atom. The molecule has 1 aromatic carbocycles. The average Bonchev–Trinajstić information content (AvgIpc) is 3.13. The minimum absolute atomic E-state index is 0.338. The number of nitriles is 1. The summed E-state index contributed by atoms with van der Waals surface area (Å²) in [6, 6.07) is 7.69. The predicted molar refractivity (Wildman–Crippen MR) is 72.5 cm³/mol. The number of halogens is 1. The molecule has 1 saturated heterocycles. The van der Waals surface area contributed by atoms with Crippen molar-refractivity contribution in [3.8, 4) is 6.07 Å². The molecule has 3 nitrogen and oxygen atoms in total. The second-order valence-corrected chi connectivity index (χ2v) is 5.45. The standard InChI is InChI=1S/C15H18FN3/c16-12-3-6-15(11(8-12)9-17)19(14-4-5-14)10-13-2-1-7-18-13/h3,6,8,13-14,18H,1-2,4-5,7,10H2. The van der Waals surface area contributed by atoms with Crippen LogP contribution in [0, 0.1) is 17.1 Å². The molecule has 1 N–H and O–H groups in total. The molecular weight excluding hydrogens is 241 g/mol. The number of nitrogens with one attached hydrogen (secondary N) is 1. The Balaban J connectivity index is 1.85. The maximum Gasteiger partial charge on any atom is 0.124 e. The smallest absolute Gasteiger partial charge is 0.124 e. The molecule has 2 aliphatic rings. The zero-order chi connectivity index (χ0) is 13.2. The van der Waals surface area contributed by atoms with Crippen LogP contribution in [0.25, 0.3) is 0 Å². The van der Waals surface area contributed by atoms with Crippen molar-refractivity contribution in [2.45, 2.75) is 37.8 Å². The second kappa shape index (κ2) is 5.18. The van der Waals surface area contributed by atoms with E-state index < -0.39 is 0 Å². The molecule has 0 radical (unpaired) electrons. The first-order valence-electron chi connectivity index (χ1n) is 6.97. The average molecular weight is 259 g/mol. The van der Waals surface area contributed by atoms with Gasteiger partial charge in [0.05, 0.1) is 11.3 Å². The minimum atomic E-state index is -0.338. The summed E-state index contributed by atoms with van der Waals surface area (Å²) in [5.74, 6) is -0.338. The van der Waals surface area contributed by atoms with Crippen LogP contribution in [0.15, 0.2) is 18.2 Å². The van der Waals surface area contributed by atoms with E-state index in [2.05, 4.69) is 16.3 Å². The monoisotopic (exact) mass is 259 g/mol. The Bertz CT molecular complexity index is 499. The Morgan fingerprint density at radius 3 is 2.84 bits per heavy atom. The lowest BCUT2D eigenvalue weighted by Gasteiger charge is -2.28. The fourth-order valence-corrected chi connectivity index (χ4v) is 2.83. The lowest BCUT2D eigenvalue weighted by molar-refractivity contribution is 0.577. The number of hydrogen-bond donors (Lipinski definition) is 1. The highest BCUT2D eigenvalue weighted by molar-refractivity contribution is 5.60. The molecule has 100 valence electrons. The third kappa shape index (κ3) is 2.71. The largest absolute Gasteiger partial charge is 0.366 e. The molecule has 1 aliphatic heterocycles. The van der Waals surface area contributed by atoms with Crippen molar-refractivity contribution in [1.82, 2.24) is 5.32 Å². The summed E-state index contributed by atoms with van der Waals surface area (Å²) in [5, 5.41) is 12.7. The Kier molecular flexibility index (Phi) is 3.39. The summed E-state index contributed by atoms with van der Waals surface area (Å²) in [6.45, 7) is 2.00. The van der Waals surface area contributed by atoms with Gasteiger partial charge in [-0.05, 0) is 50.4 Å². The van der Waals surface area contributed by atoms with Crippen LogP contribution < -0.4 is 10.2 Å². The van der Waals surface area contributed by atoms with E-state index in [1.54, 1.807) is 6.07 Å². The Labute approximate surface area is 113 Å². The molecule has 1 aliphatic carbocycles. The van der Waals surface area contributed by atoms with Gasteiger partial charge in [-0.3, -0.25) is 0 Å². The van der Waals surface area contributed by atoms with Crippen LogP contribution in [-0.4, -0.2) is 25.2 Å². The van der Waals surface area contributed by atoms with Crippen molar-refractivity contribution < 1.29 is 4.39 Å². The Morgan fingerprint density at radius 2 is 2.21 bits per heavy atom. The van der Waals surface area contributed by atoms with Crippen molar-refractivity contribution in [3.63, 3.8) is 0 Å². The number of hydrogen-bond acceptors (Lipinski definition) is 3. The van der Waals surface area contributed by atoms with Gasteiger partial charge in [-0.15, -0.1) is 0 Å². The molecule has 0 spiro atoms. The number of benzene rings is 1. The van der Waals surface area contributed by atoms with Gasteiger partial charge in [-0.1, -0.05) is 0 Å². The van der Waals surface area contributed by atoms with Crippen LogP contribution in [0.1, 0.15) is 31.2 Å². The molecule has 2 fully saturated rings. The molecule has 3 rings (SSSR count). The molecular formula is C15H18FN3. The van der Waals surface area contributed by atoms with Crippen molar-refractivity contribution in [2.75, 3.05) is 18.0 Å². The molecule has 0 aromatic heterocycles. The highest BCUT2D eigenvalue weighted by atomic mass is 19.1. The highest BCUT2D eigenvalue weighted by Crippen LogP contribution is 2.34. The zero-order valence-electron chi connectivity index (χ0n) is 10.9. The first-order valence-corrected chi connectivity index (χ1v) is 6.97. The molecule has 1 aromatic rings. The van der Waals surface area contributed by atoms with E-state index in [4.69, 9.17) is 0 Å². The zero-order valence-corrected chi connectivity index (χ0v) is 10.9. The molecule has 1 atom stereocenters. The number of nitrogens with zero attached hydrogens (tertiary/aromatic N) is 2. The van der Waals surface area contributed by atoms with Crippen LogP contribution in [0.4, 0.5) is 10.1 Å². The molecule has 4 heteroatoms. The lowest BCUT2D eigenvalue weighted by atomic mass is 10.1. The summed E-state index contributed by atoms with van der Waals surface area (Å²) in [6.07, 6.45) is 4.76. The summed E-state index contributed by atoms with van der Waals surface area (Å²) < 4.78 is 13.2. The Hall–Kier alpha value is -1.60. The molecule has 0 bridgehead atoms. The predicted octanol–water partition coefficient (Wildman–Crippen LogP) is 2.42. The molecule has 1 saturated carbocycles. The fourth-order valence-electron chi connectivity index (χ4n) is 2.83. The van der Waals surface area contributed by atoms with Crippen molar-refractivity contribution >= 4 is 5.69 Å². The van der Waals surface area contributed by atoms with Crippen molar-refractivity contribution in [1.29, 1.82) is 5.26 Å². The van der Waals surface area contributed by atoms with Crippen LogP contribution in [0.5, 0.6) is 0 Å². The van der Waals surface area contributed by atoms with Gasteiger partial charge >= 0.3 is 0 Å². The van der Waals surface area contributed by atoms with E-state index >= 15 is 0 Å². The number of anilines is 1. The number of rotatable bonds is 4.